The molecule has 2 rings (SSSR count). The fraction of sp³-hybridized carbons (Fsp3) is 0.379. The Kier molecular flexibility index (Phi) is 10.1. The molecule has 0 radical (unpaired) electrons. The largest absolute Gasteiger partial charge is 0.444 e. The number of amides is 4. The minimum absolute atomic E-state index is 0.134. The molecule has 202 valence electrons. The van der Waals surface area contributed by atoms with Crippen LogP contribution in [-0.4, -0.2) is 40.4 Å². The first-order valence-electron chi connectivity index (χ1n) is 12.2. The maximum atomic E-state index is 13.8. The molecule has 0 saturated heterocycles. The molecule has 38 heavy (non-hydrogen) atoms. The number of carbonyl (C=O) groups excluding carboxylic acids is 4. The second-order valence-corrected chi connectivity index (χ2v) is 10.2. The van der Waals surface area contributed by atoms with Crippen LogP contribution in [0.4, 0.5) is 10.5 Å². The van der Waals surface area contributed by atoms with Crippen LogP contribution >= 0.6 is 0 Å². The smallest absolute Gasteiger partial charge is 0.408 e. The van der Waals surface area contributed by atoms with E-state index in [1.54, 1.807) is 45.0 Å². The molecule has 9 nitrogen and oxygen atoms in total. The molecular formula is C29H36N4O5. The molecule has 2 unspecified atom stereocenters. The fourth-order valence-electron chi connectivity index (χ4n) is 3.93. The van der Waals surface area contributed by atoms with Crippen LogP contribution < -0.4 is 16.4 Å². The van der Waals surface area contributed by atoms with Gasteiger partial charge in [0.2, 0.25) is 5.91 Å². The molecule has 0 aliphatic heterocycles. The van der Waals surface area contributed by atoms with E-state index in [9.17, 15) is 19.2 Å². The van der Waals surface area contributed by atoms with Gasteiger partial charge in [-0.1, -0.05) is 53.9 Å². The third-order valence-electron chi connectivity index (χ3n) is 5.51. The number of primary amides is 1. The first-order chi connectivity index (χ1) is 17.7. The normalized spacial score (nSPS) is 12.4. The van der Waals surface area contributed by atoms with Gasteiger partial charge in [-0.25, -0.2) is 4.79 Å². The minimum Gasteiger partial charge on any atom is -0.444 e. The molecule has 4 N–H and O–H groups in total. The molecule has 0 aliphatic rings. The van der Waals surface area contributed by atoms with Crippen LogP contribution in [0.3, 0.4) is 0 Å². The molecule has 2 aromatic carbocycles. The van der Waals surface area contributed by atoms with E-state index in [1.165, 1.54) is 0 Å². The summed E-state index contributed by atoms with van der Waals surface area (Å²) in [5, 5.41) is 5.35. The van der Waals surface area contributed by atoms with Gasteiger partial charge in [0.15, 0.2) is 0 Å². The summed E-state index contributed by atoms with van der Waals surface area (Å²) in [6, 6.07) is 12.5. The number of nitrogens with two attached hydrogens (primary N) is 1. The predicted octanol–water partition coefficient (Wildman–Crippen LogP) is 3.87. The van der Waals surface area contributed by atoms with Crippen LogP contribution in [-0.2, 0) is 19.1 Å². The molecule has 0 spiro atoms. The highest BCUT2D eigenvalue weighted by Gasteiger charge is 2.36. The molecular weight excluding hydrogens is 484 g/mol. The Morgan fingerprint density at radius 2 is 1.66 bits per heavy atom. The summed E-state index contributed by atoms with van der Waals surface area (Å²) in [6.07, 6.45) is 4.61. The molecule has 0 aliphatic carbocycles. The van der Waals surface area contributed by atoms with Gasteiger partial charge >= 0.3 is 6.09 Å². The highest BCUT2D eigenvalue weighted by Crippen LogP contribution is 2.27. The van der Waals surface area contributed by atoms with Crippen molar-refractivity contribution in [3.8, 4) is 12.5 Å². The van der Waals surface area contributed by atoms with Gasteiger partial charge in [-0.15, -0.1) is 0 Å². The van der Waals surface area contributed by atoms with Crippen molar-refractivity contribution in [2.75, 3.05) is 5.32 Å². The zero-order chi connectivity index (χ0) is 28.6. The number of anilines is 1. The standard InChI is InChI=1S/C29H36N4O5/c1-8-33(27(36)23(13-14-24(30)34)32-28(37)38-29(5,6)7)25(21-16-18(2)15-19(3)17-21)26(35)31-22-12-10-9-11-20(22)4/h1,9-12,15-17,23,25H,13-14H2,2-7H3,(H2,30,34)(H,31,35)(H,32,37). The second kappa shape index (κ2) is 12.8. The van der Waals surface area contributed by atoms with Crippen LogP contribution in [0.15, 0.2) is 42.5 Å². The zero-order valence-corrected chi connectivity index (χ0v) is 22.8. The summed E-state index contributed by atoms with van der Waals surface area (Å²) in [7, 11) is 0. The lowest BCUT2D eigenvalue weighted by molar-refractivity contribution is -0.137. The number of terminal acetylenes is 1. The average Bonchev–Trinajstić information content (AvgIpc) is 2.79. The number of para-hydroxylation sites is 1. The third-order valence-corrected chi connectivity index (χ3v) is 5.51. The van der Waals surface area contributed by atoms with E-state index in [4.69, 9.17) is 16.9 Å². The van der Waals surface area contributed by atoms with Crippen molar-refractivity contribution in [2.45, 2.75) is 72.1 Å². The van der Waals surface area contributed by atoms with E-state index in [0.29, 0.717) is 11.3 Å². The van der Waals surface area contributed by atoms with Crippen molar-refractivity contribution in [3.63, 3.8) is 0 Å². The Balaban J connectivity index is 2.52. The first kappa shape index (κ1) is 29.9. The van der Waals surface area contributed by atoms with Crippen molar-refractivity contribution in [3.05, 3.63) is 64.7 Å². The fourth-order valence-corrected chi connectivity index (χ4v) is 3.93. The first-order valence-corrected chi connectivity index (χ1v) is 12.2. The van der Waals surface area contributed by atoms with E-state index in [1.807, 2.05) is 39.0 Å². The summed E-state index contributed by atoms with van der Waals surface area (Å²) in [4.78, 5) is 52.4. The molecule has 0 saturated carbocycles. The maximum absolute atomic E-state index is 13.8. The van der Waals surface area contributed by atoms with E-state index in [0.717, 1.165) is 21.6 Å². The minimum atomic E-state index is -1.27. The van der Waals surface area contributed by atoms with Crippen molar-refractivity contribution in [1.29, 1.82) is 0 Å². The van der Waals surface area contributed by atoms with Gasteiger partial charge in [0, 0.05) is 18.2 Å². The molecule has 0 heterocycles. The Morgan fingerprint density at radius 3 is 2.18 bits per heavy atom. The van der Waals surface area contributed by atoms with Crippen LogP contribution in [0, 0.1) is 33.2 Å². The number of benzene rings is 2. The quantitative estimate of drug-likeness (QED) is 0.341. The van der Waals surface area contributed by atoms with Crippen molar-refractivity contribution in [1.82, 2.24) is 10.2 Å². The number of rotatable bonds is 9. The van der Waals surface area contributed by atoms with Gasteiger partial charge in [-0.3, -0.25) is 19.3 Å². The number of aryl methyl sites for hydroxylation is 3. The maximum Gasteiger partial charge on any atom is 0.408 e. The lowest BCUT2D eigenvalue weighted by Gasteiger charge is -2.30. The Hall–Kier alpha value is -4.32. The molecule has 2 aromatic rings. The topological polar surface area (TPSA) is 131 Å². The highest BCUT2D eigenvalue weighted by atomic mass is 16.6. The summed E-state index contributed by atoms with van der Waals surface area (Å²) >= 11 is 0. The van der Waals surface area contributed by atoms with Gasteiger partial charge in [-0.05, 0) is 65.2 Å². The molecule has 0 bridgehead atoms. The number of hydrogen-bond acceptors (Lipinski definition) is 5. The Bertz CT molecular complexity index is 1220. The lowest BCUT2D eigenvalue weighted by Crippen LogP contribution is -2.51. The predicted molar refractivity (Wildman–Crippen MR) is 146 cm³/mol. The number of nitrogens with one attached hydrogen (secondary N) is 2. The number of carbonyl (C=O) groups is 4. The summed E-state index contributed by atoms with van der Waals surface area (Å²) in [5.74, 6) is -1.96. The SMILES string of the molecule is C#CN(C(=O)C(CCC(N)=O)NC(=O)OC(C)(C)C)C(C(=O)Nc1ccccc1C)c1cc(C)cc(C)c1. The van der Waals surface area contributed by atoms with Gasteiger partial charge in [0.05, 0.1) is 0 Å². The van der Waals surface area contributed by atoms with Crippen LogP contribution in [0.2, 0.25) is 0 Å². The molecule has 4 amide bonds. The van der Waals surface area contributed by atoms with Crippen LogP contribution in [0.25, 0.3) is 0 Å². The number of hydrogen-bond donors (Lipinski definition) is 3. The lowest BCUT2D eigenvalue weighted by atomic mass is 9.98. The second-order valence-electron chi connectivity index (χ2n) is 10.2. The number of ether oxygens (including phenoxy) is 1. The number of alkyl carbamates (subject to hydrolysis) is 1. The molecule has 9 heteroatoms. The van der Waals surface area contributed by atoms with Gasteiger partial charge in [-0.2, -0.15) is 0 Å². The van der Waals surface area contributed by atoms with Crippen LogP contribution in [0.1, 0.15) is 61.9 Å². The van der Waals surface area contributed by atoms with E-state index in [2.05, 4.69) is 16.7 Å². The molecule has 2 atom stereocenters. The highest BCUT2D eigenvalue weighted by molar-refractivity contribution is 6.00. The monoisotopic (exact) mass is 520 g/mol. The van der Waals surface area contributed by atoms with Crippen molar-refractivity contribution in [2.24, 2.45) is 5.73 Å². The number of nitrogens with zero attached hydrogens (tertiary/aromatic N) is 1. The average molecular weight is 521 g/mol. The van der Waals surface area contributed by atoms with E-state index >= 15 is 0 Å². The van der Waals surface area contributed by atoms with Gasteiger partial charge in [0.1, 0.15) is 17.7 Å². The van der Waals surface area contributed by atoms with Crippen molar-refractivity contribution < 1.29 is 23.9 Å². The summed E-state index contributed by atoms with van der Waals surface area (Å²) < 4.78 is 5.29. The van der Waals surface area contributed by atoms with Crippen LogP contribution in [0.5, 0.6) is 0 Å². The van der Waals surface area contributed by atoms with Crippen molar-refractivity contribution >= 4 is 29.5 Å². The van der Waals surface area contributed by atoms with E-state index < -0.39 is 41.5 Å². The summed E-state index contributed by atoms with van der Waals surface area (Å²) in [6.45, 7) is 10.6. The Morgan fingerprint density at radius 1 is 1.05 bits per heavy atom. The Labute approximate surface area is 224 Å². The summed E-state index contributed by atoms with van der Waals surface area (Å²) in [5.41, 5.74) is 8.09. The molecule has 0 aromatic heterocycles. The van der Waals surface area contributed by atoms with Gasteiger partial charge in [0.25, 0.3) is 11.8 Å². The molecule has 0 fully saturated rings. The third kappa shape index (κ3) is 8.66. The van der Waals surface area contributed by atoms with Gasteiger partial charge < -0.3 is 21.1 Å². The van der Waals surface area contributed by atoms with E-state index in [-0.39, 0.29) is 12.8 Å². The zero-order valence-electron chi connectivity index (χ0n) is 22.8.